The molecule has 1 aliphatic heterocycles. The number of fused-ring (bicyclic) bond motifs is 1. The lowest BCUT2D eigenvalue weighted by molar-refractivity contribution is -0.146. The van der Waals surface area contributed by atoms with E-state index in [4.69, 9.17) is 10.00 Å². The van der Waals surface area contributed by atoms with Crippen LogP contribution in [0.15, 0.2) is 0 Å². The van der Waals surface area contributed by atoms with Gasteiger partial charge < -0.3 is 4.74 Å². The quantitative estimate of drug-likeness (QED) is 0.648. The van der Waals surface area contributed by atoms with Gasteiger partial charge >= 0.3 is 5.97 Å². The molecule has 0 amide bonds. The molecule has 2 aliphatic rings. The van der Waals surface area contributed by atoms with Crippen LogP contribution in [-0.4, -0.2) is 23.6 Å². The first kappa shape index (κ1) is 9.85. The van der Waals surface area contributed by atoms with Crippen LogP contribution in [0, 0.1) is 28.6 Å². The Labute approximate surface area is 87.8 Å². The summed E-state index contributed by atoms with van der Waals surface area (Å²) >= 11 is 1.46. The Hall–Kier alpha value is -0.690. The van der Waals surface area contributed by atoms with Crippen LogP contribution in [0.25, 0.3) is 0 Å². The highest BCUT2D eigenvalue weighted by Crippen LogP contribution is 2.65. The third-order valence-electron chi connectivity index (χ3n) is 3.45. The molecule has 0 aromatic carbocycles. The van der Waals surface area contributed by atoms with Gasteiger partial charge in [-0.25, -0.2) is 0 Å². The number of thioether (sulfide) groups is 1. The third-order valence-corrected chi connectivity index (χ3v) is 4.33. The highest BCUT2D eigenvalue weighted by atomic mass is 32.2. The fourth-order valence-electron chi connectivity index (χ4n) is 2.53. The SMILES string of the molecule is CSC(C#N)C1OC(=O)C2C1C2(C)C. The minimum atomic E-state index is -0.212. The standard InChI is InChI=1S/C10H13NO2S/c1-10(2)6-7(10)9(12)13-8(6)5(4-11)14-3/h5-8H,1-3H3. The summed E-state index contributed by atoms with van der Waals surface area (Å²) in [7, 11) is 0. The van der Waals surface area contributed by atoms with Gasteiger partial charge in [0.2, 0.25) is 0 Å². The molecule has 1 saturated heterocycles. The lowest BCUT2D eigenvalue weighted by atomic mass is 10.0. The van der Waals surface area contributed by atoms with Gasteiger partial charge in [0.05, 0.1) is 12.0 Å². The highest BCUT2D eigenvalue weighted by Gasteiger charge is 2.72. The van der Waals surface area contributed by atoms with Gasteiger partial charge in [-0.3, -0.25) is 4.79 Å². The second-order valence-electron chi connectivity index (χ2n) is 4.51. The van der Waals surface area contributed by atoms with Crippen LogP contribution in [0.2, 0.25) is 0 Å². The maximum atomic E-state index is 11.4. The highest BCUT2D eigenvalue weighted by molar-refractivity contribution is 7.99. The van der Waals surface area contributed by atoms with Crippen LogP contribution >= 0.6 is 11.8 Å². The van der Waals surface area contributed by atoms with Crippen molar-refractivity contribution in [1.82, 2.24) is 0 Å². The van der Waals surface area contributed by atoms with E-state index in [9.17, 15) is 4.79 Å². The second kappa shape index (κ2) is 2.90. The molecule has 0 bridgehead atoms. The van der Waals surface area contributed by atoms with Gasteiger partial charge in [-0.05, 0) is 11.7 Å². The molecule has 14 heavy (non-hydrogen) atoms. The molecule has 2 rings (SSSR count). The molecule has 4 unspecified atom stereocenters. The molecule has 1 saturated carbocycles. The van der Waals surface area contributed by atoms with Crippen molar-refractivity contribution in [3.63, 3.8) is 0 Å². The largest absolute Gasteiger partial charge is 0.459 e. The fraction of sp³-hybridized carbons (Fsp3) is 0.800. The minimum absolute atomic E-state index is 0.0375. The number of cyclic esters (lactones) is 1. The first-order valence-electron chi connectivity index (χ1n) is 4.67. The zero-order chi connectivity index (χ0) is 10.5. The van der Waals surface area contributed by atoms with Gasteiger partial charge in [0, 0.05) is 5.92 Å². The van der Waals surface area contributed by atoms with Crippen molar-refractivity contribution in [2.24, 2.45) is 17.3 Å². The van der Waals surface area contributed by atoms with Crippen molar-refractivity contribution in [3.8, 4) is 6.07 Å². The van der Waals surface area contributed by atoms with Crippen molar-refractivity contribution in [3.05, 3.63) is 0 Å². The molecular formula is C10H13NO2S. The van der Waals surface area contributed by atoms with Crippen molar-refractivity contribution < 1.29 is 9.53 Å². The van der Waals surface area contributed by atoms with Crippen LogP contribution < -0.4 is 0 Å². The molecule has 0 radical (unpaired) electrons. The van der Waals surface area contributed by atoms with Crippen molar-refractivity contribution in [2.75, 3.05) is 6.26 Å². The number of carbonyl (C=O) groups excluding carboxylic acids is 1. The number of nitrogens with zero attached hydrogens (tertiary/aromatic N) is 1. The van der Waals surface area contributed by atoms with Crippen LogP contribution in [0.4, 0.5) is 0 Å². The van der Waals surface area contributed by atoms with Gasteiger partial charge in [0.15, 0.2) is 0 Å². The molecule has 4 heteroatoms. The minimum Gasteiger partial charge on any atom is -0.459 e. The lowest BCUT2D eigenvalue weighted by Gasteiger charge is -2.20. The van der Waals surface area contributed by atoms with E-state index in [-0.39, 0.29) is 34.6 Å². The molecule has 1 heterocycles. The Balaban J connectivity index is 2.18. The summed E-state index contributed by atoms with van der Waals surface area (Å²) in [6.07, 6.45) is 1.69. The zero-order valence-electron chi connectivity index (χ0n) is 8.48. The van der Waals surface area contributed by atoms with Crippen molar-refractivity contribution in [1.29, 1.82) is 5.26 Å². The average Bonchev–Trinajstić information content (AvgIpc) is 2.50. The van der Waals surface area contributed by atoms with Gasteiger partial charge in [0.1, 0.15) is 11.4 Å². The van der Waals surface area contributed by atoms with E-state index < -0.39 is 0 Å². The lowest BCUT2D eigenvalue weighted by Crippen LogP contribution is -2.29. The number of carbonyl (C=O) groups is 1. The summed E-state index contributed by atoms with van der Waals surface area (Å²) in [4.78, 5) is 11.4. The van der Waals surface area contributed by atoms with Crippen LogP contribution in [0.5, 0.6) is 0 Å². The predicted octanol–water partition coefficient (Wildman–Crippen LogP) is 1.44. The summed E-state index contributed by atoms with van der Waals surface area (Å²) in [5.74, 6) is 0.182. The predicted molar refractivity (Wildman–Crippen MR) is 53.6 cm³/mol. The smallest absolute Gasteiger partial charge is 0.310 e. The monoisotopic (exact) mass is 211 g/mol. The number of rotatable bonds is 2. The normalized spacial score (nSPS) is 39.6. The zero-order valence-corrected chi connectivity index (χ0v) is 9.30. The molecule has 1 aliphatic carbocycles. The molecule has 2 fully saturated rings. The van der Waals surface area contributed by atoms with Gasteiger partial charge in [-0.15, -0.1) is 11.8 Å². The molecule has 4 atom stereocenters. The van der Waals surface area contributed by atoms with E-state index in [2.05, 4.69) is 19.9 Å². The Bertz CT molecular complexity index is 321. The summed E-state index contributed by atoms with van der Waals surface area (Å²) in [6.45, 7) is 4.15. The summed E-state index contributed by atoms with van der Waals surface area (Å²) < 4.78 is 5.22. The fourth-order valence-corrected chi connectivity index (χ4v) is 3.13. The first-order chi connectivity index (χ1) is 6.54. The number of esters is 1. The summed E-state index contributed by atoms with van der Waals surface area (Å²) in [6, 6.07) is 2.19. The maximum absolute atomic E-state index is 11.4. The Morgan fingerprint density at radius 2 is 2.29 bits per heavy atom. The molecule has 3 nitrogen and oxygen atoms in total. The Morgan fingerprint density at radius 1 is 1.64 bits per heavy atom. The molecular weight excluding hydrogens is 198 g/mol. The molecule has 0 spiro atoms. The van der Waals surface area contributed by atoms with Crippen molar-refractivity contribution >= 4 is 17.7 Å². The molecule has 0 aromatic heterocycles. The molecule has 0 N–H and O–H groups in total. The average molecular weight is 211 g/mol. The summed E-state index contributed by atoms with van der Waals surface area (Å²) in [5, 5.41) is 8.70. The summed E-state index contributed by atoms with van der Waals surface area (Å²) in [5.41, 5.74) is 0.0465. The van der Waals surface area contributed by atoms with Gasteiger partial charge in [-0.1, -0.05) is 13.8 Å². The van der Waals surface area contributed by atoms with E-state index in [1.165, 1.54) is 11.8 Å². The molecule has 0 aromatic rings. The van der Waals surface area contributed by atoms with Crippen LogP contribution in [0.1, 0.15) is 13.8 Å². The van der Waals surface area contributed by atoms with E-state index in [1.54, 1.807) is 0 Å². The van der Waals surface area contributed by atoms with E-state index in [1.807, 2.05) is 6.26 Å². The third kappa shape index (κ3) is 1.08. The topological polar surface area (TPSA) is 50.1 Å². The van der Waals surface area contributed by atoms with Crippen LogP contribution in [0.3, 0.4) is 0 Å². The van der Waals surface area contributed by atoms with Gasteiger partial charge in [-0.2, -0.15) is 5.26 Å². The number of hydrogen-bond acceptors (Lipinski definition) is 4. The number of ether oxygens (including phenoxy) is 1. The first-order valence-corrected chi connectivity index (χ1v) is 5.95. The second-order valence-corrected chi connectivity index (χ2v) is 5.49. The van der Waals surface area contributed by atoms with E-state index in [0.717, 1.165) is 0 Å². The maximum Gasteiger partial charge on any atom is 0.310 e. The van der Waals surface area contributed by atoms with Gasteiger partial charge in [0.25, 0.3) is 0 Å². The van der Waals surface area contributed by atoms with E-state index >= 15 is 0 Å². The van der Waals surface area contributed by atoms with Crippen LogP contribution in [-0.2, 0) is 9.53 Å². The van der Waals surface area contributed by atoms with E-state index in [0.29, 0.717) is 0 Å². The Kier molecular flexibility index (Phi) is 2.04. The van der Waals surface area contributed by atoms with Crippen molar-refractivity contribution in [2.45, 2.75) is 25.2 Å². The number of nitriles is 1. The Morgan fingerprint density at radius 3 is 2.64 bits per heavy atom. The molecule has 76 valence electrons. The number of hydrogen-bond donors (Lipinski definition) is 0.